The SMILES string of the molecule is O=c1c2cnn(-c3ccc(F)cc3)c2ncn1CC(O)COc1ccc(-c2ccccc2)cc1. The molecule has 0 aliphatic heterocycles. The Kier molecular flexibility index (Phi) is 5.88. The van der Waals surface area contributed by atoms with Crippen LogP contribution in [0.1, 0.15) is 0 Å². The van der Waals surface area contributed by atoms with Crippen molar-refractivity contribution in [2.75, 3.05) is 6.61 Å². The van der Waals surface area contributed by atoms with Gasteiger partial charge < -0.3 is 9.84 Å². The summed E-state index contributed by atoms with van der Waals surface area (Å²) >= 11 is 0. The molecule has 0 aliphatic rings. The lowest BCUT2D eigenvalue weighted by Gasteiger charge is -2.14. The van der Waals surface area contributed by atoms with Crippen LogP contribution in [0.4, 0.5) is 4.39 Å². The highest BCUT2D eigenvalue weighted by molar-refractivity contribution is 5.74. The average molecular weight is 456 g/mol. The minimum absolute atomic E-state index is 0.0179. The predicted molar refractivity (Wildman–Crippen MR) is 126 cm³/mol. The van der Waals surface area contributed by atoms with Crippen LogP contribution in [0.2, 0.25) is 0 Å². The van der Waals surface area contributed by atoms with E-state index in [1.807, 2.05) is 54.6 Å². The lowest BCUT2D eigenvalue weighted by atomic mass is 10.1. The number of aliphatic hydroxyl groups excluding tert-OH is 1. The second kappa shape index (κ2) is 9.29. The van der Waals surface area contributed by atoms with E-state index in [4.69, 9.17) is 4.74 Å². The Hall–Kier alpha value is -4.30. The molecular formula is C26H21FN4O3. The largest absolute Gasteiger partial charge is 0.491 e. The molecule has 7 nitrogen and oxygen atoms in total. The Labute approximate surface area is 194 Å². The van der Waals surface area contributed by atoms with Crippen LogP contribution in [0.5, 0.6) is 5.75 Å². The first-order valence-electron chi connectivity index (χ1n) is 10.7. The second-order valence-corrected chi connectivity index (χ2v) is 7.83. The van der Waals surface area contributed by atoms with Gasteiger partial charge in [0.1, 0.15) is 36.0 Å². The third kappa shape index (κ3) is 4.44. The van der Waals surface area contributed by atoms with Crippen molar-refractivity contribution < 1.29 is 14.2 Å². The number of rotatable bonds is 7. The molecule has 1 unspecified atom stereocenters. The molecule has 5 aromatic rings. The topological polar surface area (TPSA) is 82.2 Å². The van der Waals surface area contributed by atoms with Gasteiger partial charge in [0.25, 0.3) is 5.56 Å². The van der Waals surface area contributed by atoms with Crippen LogP contribution in [0.25, 0.3) is 27.8 Å². The van der Waals surface area contributed by atoms with E-state index in [0.717, 1.165) is 11.1 Å². The summed E-state index contributed by atoms with van der Waals surface area (Å²) in [5.74, 6) is 0.263. The third-order valence-electron chi connectivity index (χ3n) is 5.44. The van der Waals surface area contributed by atoms with Gasteiger partial charge in [0.05, 0.1) is 18.4 Å². The van der Waals surface area contributed by atoms with Crippen molar-refractivity contribution in [3.05, 3.63) is 108 Å². The maximum Gasteiger partial charge on any atom is 0.264 e. The molecule has 1 N–H and O–H groups in total. The molecule has 170 valence electrons. The van der Waals surface area contributed by atoms with Gasteiger partial charge in [-0.2, -0.15) is 5.10 Å². The number of halogens is 1. The van der Waals surface area contributed by atoms with Gasteiger partial charge in [0, 0.05) is 0 Å². The highest BCUT2D eigenvalue weighted by Crippen LogP contribution is 2.22. The molecule has 0 radical (unpaired) electrons. The minimum atomic E-state index is -0.919. The summed E-state index contributed by atoms with van der Waals surface area (Å²) in [6.45, 7) is 0.0373. The van der Waals surface area contributed by atoms with Gasteiger partial charge in [-0.25, -0.2) is 14.1 Å². The fourth-order valence-electron chi connectivity index (χ4n) is 3.70. The Morgan fingerprint density at radius 1 is 0.941 bits per heavy atom. The zero-order valence-corrected chi connectivity index (χ0v) is 18.1. The van der Waals surface area contributed by atoms with E-state index in [9.17, 15) is 14.3 Å². The second-order valence-electron chi connectivity index (χ2n) is 7.83. The van der Waals surface area contributed by atoms with Crippen molar-refractivity contribution in [1.82, 2.24) is 19.3 Å². The third-order valence-corrected chi connectivity index (χ3v) is 5.44. The van der Waals surface area contributed by atoms with Gasteiger partial charge in [-0.15, -0.1) is 0 Å². The Morgan fingerprint density at radius 2 is 1.65 bits per heavy atom. The van der Waals surface area contributed by atoms with Crippen LogP contribution in [-0.4, -0.2) is 37.1 Å². The first-order chi connectivity index (χ1) is 16.6. The van der Waals surface area contributed by atoms with Crippen molar-refractivity contribution in [2.45, 2.75) is 12.6 Å². The summed E-state index contributed by atoms with van der Waals surface area (Å²) < 4.78 is 21.7. The van der Waals surface area contributed by atoms with Crippen LogP contribution < -0.4 is 10.3 Å². The highest BCUT2D eigenvalue weighted by Gasteiger charge is 2.14. The highest BCUT2D eigenvalue weighted by atomic mass is 19.1. The lowest BCUT2D eigenvalue weighted by molar-refractivity contribution is 0.0915. The summed E-state index contributed by atoms with van der Waals surface area (Å²) in [4.78, 5) is 17.2. The van der Waals surface area contributed by atoms with Crippen LogP contribution in [0.15, 0.2) is 96.2 Å². The van der Waals surface area contributed by atoms with Crippen molar-refractivity contribution in [3.8, 4) is 22.6 Å². The maximum atomic E-state index is 13.2. The van der Waals surface area contributed by atoms with E-state index in [1.165, 1.54) is 33.9 Å². The number of hydrogen-bond donors (Lipinski definition) is 1. The standard InChI is InChI=1S/C26H21FN4O3/c27-20-8-10-21(11-9-20)31-25-24(14-29-31)26(33)30(17-28-25)15-22(32)16-34-23-12-6-19(7-13-23)18-4-2-1-3-5-18/h1-14,17,22,32H,15-16H2. The number of aliphatic hydroxyl groups is 1. The van der Waals surface area contributed by atoms with Gasteiger partial charge >= 0.3 is 0 Å². The fraction of sp³-hybridized carbons (Fsp3) is 0.115. The maximum absolute atomic E-state index is 13.2. The summed E-state index contributed by atoms with van der Waals surface area (Å²) in [6.07, 6.45) is 1.87. The molecule has 2 heterocycles. The molecule has 1 atom stereocenters. The minimum Gasteiger partial charge on any atom is -0.491 e. The summed E-state index contributed by atoms with van der Waals surface area (Å²) in [6, 6.07) is 23.4. The summed E-state index contributed by atoms with van der Waals surface area (Å²) in [5, 5.41) is 14.9. The van der Waals surface area contributed by atoms with E-state index in [0.29, 0.717) is 22.5 Å². The van der Waals surface area contributed by atoms with Gasteiger partial charge in [-0.3, -0.25) is 9.36 Å². The molecule has 5 rings (SSSR count). The summed E-state index contributed by atoms with van der Waals surface area (Å²) in [7, 11) is 0. The van der Waals surface area contributed by atoms with Gasteiger partial charge in [-0.05, 0) is 47.5 Å². The predicted octanol–water partition coefficient (Wildman–Crippen LogP) is 3.83. The molecular weight excluding hydrogens is 435 g/mol. The molecule has 0 saturated carbocycles. The fourth-order valence-corrected chi connectivity index (χ4v) is 3.70. The van der Waals surface area contributed by atoms with Crippen molar-refractivity contribution in [3.63, 3.8) is 0 Å². The average Bonchev–Trinajstić information content (AvgIpc) is 3.31. The molecule has 0 saturated heterocycles. The molecule has 0 amide bonds. The zero-order chi connectivity index (χ0) is 23.5. The number of ether oxygens (including phenoxy) is 1. The van der Waals surface area contributed by atoms with Gasteiger partial charge in [0.15, 0.2) is 5.65 Å². The van der Waals surface area contributed by atoms with Crippen molar-refractivity contribution in [2.24, 2.45) is 0 Å². The van der Waals surface area contributed by atoms with Crippen LogP contribution in [-0.2, 0) is 6.54 Å². The van der Waals surface area contributed by atoms with E-state index in [-0.39, 0.29) is 24.5 Å². The Bertz CT molecular complexity index is 1460. The van der Waals surface area contributed by atoms with Crippen molar-refractivity contribution >= 4 is 11.0 Å². The Balaban J connectivity index is 1.25. The van der Waals surface area contributed by atoms with Crippen LogP contribution >= 0.6 is 0 Å². The quantitative estimate of drug-likeness (QED) is 0.403. The lowest BCUT2D eigenvalue weighted by Crippen LogP contribution is -2.30. The summed E-state index contributed by atoms with van der Waals surface area (Å²) in [5.41, 5.74) is 2.80. The Morgan fingerprint density at radius 3 is 2.38 bits per heavy atom. The van der Waals surface area contributed by atoms with E-state index in [2.05, 4.69) is 10.1 Å². The monoisotopic (exact) mass is 456 g/mol. The first-order valence-corrected chi connectivity index (χ1v) is 10.7. The van der Waals surface area contributed by atoms with Crippen LogP contribution in [0, 0.1) is 5.82 Å². The number of hydrogen-bond acceptors (Lipinski definition) is 5. The normalized spacial score (nSPS) is 12.1. The van der Waals surface area contributed by atoms with Crippen molar-refractivity contribution in [1.29, 1.82) is 0 Å². The van der Waals surface area contributed by atoms with E-state index < -0.39 is 6.10 Å². The van der Waals surface area contributed by atoms with Gasteiger partial charge in [0.2, 0.25) is 0 Å². The molecule has 0 bridgehead atoms. The van der Waals surface area contributed by atoms with Crippen LogP contribution in [0.3, 0.4) is 0 Å². The first kappa shape index (κ1) is 21.5. The smallest absolute Gasteiger partial charge is 0.264 e. The van der Waals surface area contributed by atoms with E-state index in [1.54, 1.807) is 12.1 Å². The number of fused-ring (bicyclic) bond motifs is 1. The van der Waals surface area contributed by atoms with Gasteiger partial charge in [-0.1, -0.05) is 42.5 Å². The molecule has 2 aromatic heterocycles. The van der Waals surface area contributed by atoms with E-state index >= 15 is 0 Å². The molecule has 0 spiro atoms. The number of benzene rings is 3. The zero-order valence-electron chi connectivity index (χ0n) is 18.1. The number of aromatic nitrogens is 4. The molecule has 0 fully saturated rings. The molecule has 8 heteroatoms. The molecule has 0 aliphatic carbocycles. The molecule has 34 heavy (non-hydrogen) atoms. The number of nitrogens with zero attached hydrogens (tertiary/aromatic N) is 4. The molecule has 3 aromatic carbocycles.